The van der Waals surface area contributed by atoms with Crippen molar-refractivity contribution in [1.29, 1.82) is 0 Å². The summed E-state index contributed by atoms with van der Waals surface area (Å²) in [4.78, 5) is 45.6. The smallest absolute Gasteiger partial charge is 0.338 e. The summed E-state index contributed by atoms with van der Waals surface area (Å²) < 4.78 is 18.6. The number of hydrogen-bond donors (Lipinski definition) is 0. The molecule has 0 amide bonds. The van der Waals surface area contributed by atoms with Crippen LogP contribution in [-0.2, 0) is 20.9 Å². The van der Waals surface area contributed by atoms with Crippen LogP contribution in [-0.4, -0.2) is 29.7 Å². The summed E-state index contributed by atoms with van der Waals surface area (Å²) in [7, 11) is 0. The molecule has 1 atom stereocenters. The fourth-order valence-corrected chi connectivity index (χ4v) is 6.91. The van der Waals surface area contributed by atoms with Crippen LogP contribution in [0.3, 0.4) is 0 Å². The van der Waals surface area contributed by atoms with Crippen molar-refractivity contribution in [2.45, 2.75) is 26.5 Å². The average Bonchev–Trinajstić information content (AvgIpc) is 3.73. The molecule has 0 saturated heterocycles. The van der Waals surface area contributed by atoms with E-state index < -0.39 is 12.0 Å². The van der Waals surface area contributed by atoms with Gasteiger partial charge in [0.2, 0.25) is 0 Å². The summed E-state index contributed by atoms with van der Waals surface area (Å²) in [5.41, 5.74) is 3.61. The van der Waals surface area contributed by atoms with E-state index in [1.165, 1.54) is 22.7 Å². The molecule has 0 bridgehead atoms. The normalized spacial score (nSPS) is 14.4. The predicted molar refractivity (Wildman–Crippen MR) is 179 cm³/mol. The molecule has 0 N–H and O–H groups in total. The van der Waals surface area contributed by atoms with Gasteiger partial charge in [0, 0.05) is 10.4 Å². The van der Waals surface area contributed by atoms with Gasteiger partial charge in [-0.05, 0) is 66.8 Å². The number of aromatic nitrogens is 1. The van der Waals surface area contributed by atoms with Gasteiger partial charge in [0.15, 0.2) is 4.80 Å². The topological polar surface area (TPSA) is 96.2 Å². The first-order valence-electron chi connectivity index (χ1n) is 14.8. The van der Waals surface area contributed by atoms with Crippen molar-refractivity contribution in [2.75, 3.05) is 13.2 Å². The number of carbonyl (C=O) groups excluding carboxylic acids is 2. The molecule has 46 heavy (non-hydrogen) atoms. The van der Waals surface area contributed by atoms with E-state index in [9.17, 15) is 14.4 Å². The van der Waals surface area contributed by atoms with Crippen molar-refractivity contribution >= 4 is 46.4 Å². The lowest BCUT2D eigenvalue weighted by Gasteiger charge is -2.24. The second-order valence-electron chi connectivity index (χ2n) is 10.2. The largest absolute Gasteiger partial charge is 0.489 e. The summed E-state index contributed by atoms with van der Waals surface area (Å²) in [6.45, 7) is 4.39. The predicted octanol–water partition coefficient (Wildman–Crippen LogP) is 5.75. The Bertz CT molecular complexity index is 2060. The van der Waals surface area contributed by atoms with Gasteiger partial charge in [0.25, 0.3) is 5.56 Å². The molecule has 5 aromatic rings. The van der Waals surface area contributed by atoms with Crippen LogP contribution in [0.2, 0.25) is 0 Å². The highest BCUT2D eigenvalue weighted by Gasteiger charge is 2.35. The van der Waals surface area contributed by atoms with Gasteiger partial charge in [-0.3, -0.25) is 9.36 Å². The van der Waals surface area contributed by atoms with Gasteiger partial charge >= 0.3 is 11.9 Å². The Balaban J connectivity index is 1.31. The number of thiophene rings is 1. The summed E-state index contributed by atoms with van der Waals surface area (Å²) in [5.74, 6) is -0.184. The summed E-state index contributed by atoms with van der Waals surface area (Å²) in [6.07, 6.45) is 1.82. The Morgan fingerprint density at radius 3 is 2.26 bits per heavy atom. The van der Waals surface area contributed by atoms with Crippen molar-refractivity contribution in [2.24, 2.45) is 4.99 Å². The highest BCUT2D eigenvalue weighted by molar-refractivity contribution is 7.10. The Labute approximate surface area is 273 Å². The standard InChI is InChI=1S/C36H30N2O6S2/c1-3-42-34(40)26-16-12-24(13-17-26)22-44-27-18-14-23(15-19-27)21-29-33(39)38-32(28-11-8-20-45-28)30(35(41)43-4-2)31(37-36(38)46-29)25-9-6-5-7-10-25/h5-21,32H,3-4,22H2,1-2H3/b29-21-/t32-/m0/s1. The van der Waals surface area contributed by atoms with Crippen LogP contribution < -0.4 is 19.6 Å². The van der Waals surface area contributed by atoms with Crippen molar-refractivity contribution in [3.8, 4) is 5.75 Å². The minimum Gasteiger partial charge on any atom is -0.489 e. The molecule has 232 valence electrons. The Morgan fingerprint density at radius 1 is 0.870 bits per heavy atom. The molecule has 8 nitrogen and oxygen atoms in total. The molecule has 10 heteroatoms. The van der Waals surface area contributed by atoms with Crippen LogP contribution in [0.25, 0.3) is 11.8 Å². The Hall–Kier alpha value is -5.06. The lowest BCUT2D eigenvalue weighted by molar-refractivity contribution is -0.138. The van der Waals surface area contributed by atoms with Gasteiger partial charge in [-0.2, -0.15) is 0 Å². The molecule has 0 radical (unpaired) electrons. The second kappa shape index (κ2) is 13.9. The van der Waals surface area contributed by atoms with Crippen LogP contribution in [0, 0.1) is 0 Å². The van der Waals surface area contributed by atoms with Gasteiger partial charge in [-0.25, -0.2) is 14.6 Å². The number of rotatable bonds is 10. The molecule has 3 heterocycles. The van der Waals surface area contributed by atoms with E-state index in [1.54, 1.807) is 30.5 Å². The molecule has 0 spiro atoms. The van der Waals surface area contributed by atoms with E-state index in [4.69, 9.17) is 19.2 Å². The first kappa shape index (κ1) is 30.9. The Kier molecular flexibility index (Phi) is 9.37. The summed E-state index contributed by atoms with van der Waals surface area (Å²) in [5, 5.41) is 1.93. The molecule has 1 aliphatic heterocycles. The quantitative estimate of drug-likeness (QED) is 0.179. The van der Waals surface area contributed by atoms with Gasteiger partial charge in [-0.1, -0.05) is 72.0 Å². The first-order valence-corrected chi connectivity index (χ1v) is 16.5. The number of esters is 2. The molecular weight excluding hydrogens is 621 g/mol. The van der Waals surface area contributed by atoms with Gasteiger partial charge < -0.3 is 14.2 Å². The minimum atomic E-state index is -0.671. The molecule has 6 rings (SSSR count). The number of nitrogens with zero attached hydrogens (tertiary/aromatic N) is 2. The molecular formula is C36H30N2O6S2. The van der Waals surface area contributed by atoms with Crippen LogP contribution in [0.1, 0.15) is 51.8 Å². The van der Waals surface area contributed by atoms with E-state index in [0.29, 0.717) is 45.1 Å². The molecule has 1 aliphatic rings. The van der Waals surface area contributed by atoms with Crippen LogP contribution >= 0.6 is 22.7 Å². The fourth-order valence-electron chi connectivity index (χ4n) is 5.09. The van der Waals surface area contributed by atoms with E-state index in [0.717, 1.165) is 21.6 Å². The van der Waals surface area contributed by atoms with E-state index in [2.05, 4.69) is 0 Å². The third-order valence-electron chi connectivity index (χ3n) is 7.23. The molecule has 2 aromatic heterocycles. The highest BCUT2D eigenvalue weighted by Crippen LogP contribution is 2.36. The summed E-state index contributed by atoms with van der Waals surface area (Å²) >= 11 is 2.76. The fraction of sp³-hybridized carbons (Fsp3) is 0.167. The van der Waals surface area contributed by atoms with Crippen LogP contribution in [0.4, 0.5) is 0 Å². The molecule has 0 saturated carbocycles. The molecule has 0 unspecified atom stereocenters. The summed E-state index contributed by atoms with van der Waals surface area (Å²) in [6, 6.07) is 27.2. The van der Waals surface area contributed by atoms with Crippen molar-refractivity contribution < 1.29 is 23.8 Å². The maximum absolute atomic E-state index is 14.0. The third kappa shape index (κ3) is 6.49. The number of fused-ring (bicyclic) bond motifs is 1. The molecule has 3 aromatic carbocycles. The monoisotopic (exact) mass is 650 g/mol. The highest BCUT2D eigenvalue weighted by atomic mass is 32.1. The number of ether oxygens (including phenoxy) is 3. The zero-order valence-corrected chi connectivity index (χ0v) is 26.8. The zero-order chi connectivity index (χ0) is 32.0. The Morgan fingerprint density at radius 2 is 1.59 bits per heavy atom. The number of hydrogen-bond acceptors (Lipinski definition) is 9. The lowest BCUT2D eigenvalue weighted by atomic mass is 9.97. The SMILES string of the molecule is CCOC(=O)C1=C(c2ccccc2)N=c2s/c(=C\c3ccc(OCc4ccc(C(=O)OCC)cc4)cc3)c(=O)n2[C@H]1c1cccs1. The third-order valence-corrected chi connectivity index (χ3v) is 9.14. The minimum absolute atomic E-state index is 0.202. The van der Waals surface area contributed by atoms with E-state index >= 15 is 0 Å². The van der Waals surface area contributed by atoms with Crippen molar-refractivity contribution in [3.63, 3.8) is 0 Å². The number of benzene rings is 3. The van der Waals surface area contributed by atoms with Gasteiger partial charge in [0.05, 0.1) is 34.6 Å². The van der Waals surface area contributed by atoms with Crippen LogP contribution in [0.15, 0.2) is 112 Å². The van der Waals surface area contributed by atoms with E-state index in [1.807, 2.05) is 90.3 Å². The number of thiazole rings is 1. The molecule has 0 fully saturated rings. The average molecular weight is 651 g/mol. The second-order valence-corrected chi connectivity index (χ2v) is 12.2. The lowest BCUT2D eigenvalue weighted by Crippen LogP contribution is -2.39. The van der Waals surface area contributed by atoms with Gasteiger partial charge in [0.1, 0.15) is 18.4 Å². The van der Waals surface area contributed by atoms with Crippen LogP contribution in [0.5, 0.6) is 5.75 Å². The number of carbonyl (C=O) groups is 2. The molecule has 0 aliphatic carbocycles. The maximum atomic E-state index is 14.0. The van der Waals surface area contributed by atoms with E-state index in [-0.39, 0.29) is 18.1 Å². The van der Waals surface area contributed by atoms with Gasteiger partial charge in [-0.15, -0.1) is 11.3 Å². The zero-order valence-electron chi connectivity index (χ0n) is 25.2. The van der Waals surface area contributed by atoms with Crippen molar-refractivity contribution in [1.82, 2.24) is 4.57 Å². The van der Waals surface area contributed by atoms with Crippen molar-refractivity contribution in [3.05, 3.63) is 149 Å². The maximum Gasteiger partial charge on any atom is 0.338 e. The first-order chi connectivity index (χ1) is 22.5.